The topological polar surface area (TPSA) is 136 Å². The number of fused-ring (bicyclic) bond motifs is 1. The van der Waals surface area contributed by atoms with Gasteiger partial charge in [0.1, 0.15) is 6.79 Å². The zero-order chi connectivity index (χ0) is 22.0. The maximum Gasteiger partial charge on any atom is 0.252 e. The third kappa shape index (κ3) is 4.52. The Hall–Kier alpha value is -2.62. The fourth-order valence-corrected chi connectivity index (χ4v) is 4.25. The van der Waals surface area contributed by atoms with Crippen molar-refractivity contribution in [1.29, 1.82) is 0 Å². The molecule has 29 heavy (non-hydrogen) atoms. The predicted molar refractivity (Wildman–Crippen MR) is 114 cm³/mol. The highest BCUT2D eigenvalue weighted by Crippen LogP contribution is 2.44. The van der Waals surface area contributed by atoms with Crippen molar-refractivity contribution in [2.75, 3.05) is 15.8 Å². The number of aromatic nitrogens is 2. The number of nitrogens with one attached hydrogen (secondary N) is 2. The molecular formula is C19H29N5O4S. The fraction of sp³-hybridized carbons (Fsp3) is 0.526. The molecule has 0 spiro atoms. The van der Waals surface area contributed by atoms with Gasteiger partial charge in [-0.3, -0.25) is 9.52 Å². The average molecular weight is 424 g/mol. The van der Waals surface area contributed by atoms with Gasteiger partial charge in [-0.15, -0.1) is 0 Å². The minimum absolute atomic E-state index is 0.0293. The van der Waals surface area contributed by atoms with Crippen molar-refractivity contribution >= 4 is 39.6 Å². The van der Waals surface area contributed by atoms with Crippen molar-refractivity contribution in [2.45, 2.75) is 46.6 Å². The Kier molecular flexibility index (Phi) is 6.56. The van der Waals surface area contributed by atoms with Gasteiger partial charge in [-0.25, -0.2) is 12.9 Å². The summed E-state index contributed by atoms with van der Waals surface area (Å²) in [7, 11) is -3.41. The van der Waals surface area contributed by atoms with Gasteiger partial charge >= 0.3 is 0 Å². The Morgan fingerprint density at radius 2 is 2.03 bits per heavy atom. The van der Waals surface area contributed by atoms with Crippen LogP contribution in [0.2, 0.25) is 0 Å². The molecule has 0 bridgehead atoms. The fourth-order valence-electron chi connectivity index (χ4n) is 3.64. The van der Waals surface area contributed by atoms with Crippen LogP contribution in [0.25, 0.3) is 5.52 Å². The van der Waals surface area contributed by atoms with E-state index in [9.17, 15) is 13.2 Å². The van der Waals surface area contributed by atoms with Crippen molar-refractivity contribution in [2.24, 2.45) is 17.1 Å². The first-order chi connectivity index (χ1) is 13.5. The Balaban J connectivity index is 0.00000145. The van der Waals surface area contributed by atoms with Crippen molar-refractivity contribution in [3.63, 3.8) is 0 Å². The number of nitrogens with zero attached hydrogens (tertiary/aromatic N) is 2. The summed E-state index contributed by atoms with van der Waals surface area (Å²) in [6, 6.07) is 1.84. The molecule has 0 saturated heterocycles. The normalized spacial score (nSPS) is 20.7. The molecule has 10 heteroatoms. The SMILES string of the molecule is C=O.CCS(=O)(=O)Nc1cc2c(N[C@@H]3CC[C@H](C)C3(C)C)c(C(N)=O)cnn2c1. The maximum atomic E-state index is 12.0. The molecule has 3 rings (SSSR count). The minimum atomic E-state index is -3.41. The summed E-state index contributed by atoms with van der Waals surface area (Å²) >= 11 is 0. The van der Waals surface area contributed by atoms with E-state index < -0.39 is 15.9 Å². The van der Waals surface area contributed by atoms with E-state index in [0.29, 0.717) is 28.4 Å². The molecule has 2 aromatic rings. The van der Waals surface area contributed by atoms with Crippen LogP contribution in [0, 0.1) is 11.3 Å². The molecule has 1 amide bonds. The Morgan fingerprint density at radius 1 is 1.38 bits per heavy atom. The molecule has 0 radical (unpaired) electrons. The lowest BCUT2D eigenvalue weighted by atomic mass is 9.80. The number of hydrogen-bond acceptors (Lipinski definition) is 6. The van der Waals surface area contributed by atoms with Crippen LogP contribution in [-0.4, -0.2) is 42.5 Å². The molecule has 2 heterocycles. The second-order valence-electron chi connectivity index (χ2n) is 7.86. The summed E-state index contributed by atoms with van der Waals surface area (Å²) in [6.07, 6.45) is 5.08. The van der Waals surface area contributed by atoms with E-state index in [1.807, 2.05) is 6.79 Å². The Morgan fingerprint density at radius 3 is 2.55 bits per heavy atom. The van der Waals surface area contributed by atoms with Gasteiger partial charge in [0.25, 0.3) is 5.91 Å². The molecule has 1 saturated carbocycles. The highest BCUT2D eigenvalue weighted by molar-refractivity contribution is 7.92. The average Bonchev–Trinajstić information content (AvgIpc) is 3.18. The van der Waals surface area contributed by atoms with E-state index >= 15 is 0 Å². The van der Waals surface area contributed by atoms with Crippen LogP contribution in [0.1, 0.15) is 50.9 Å². The number of amides is 1. The highest BCUT2D eigenvalue weighted by Gasteiger charge is 2.41. The molecule has 9 nitrogen and oxygen atoms in total. The molecule has 1 aliphatic rings. The predicted octanol–water partition coefficient (Wildman–Crippen LogP) is 2.25. The van der Waals surface area contributed by atoms with Crippen molar-refractivity contribution in [3.8, 4) is 0 Å². The van der Waals surface area contributed by atoms with Gasteiger partial charge in [0.15, 0.2) is 0 Å². The molecule has 1 aliphatic carbocycles. The van der Waals surface area contributed by atoms with Crippen LogP contribution in [0.5, 0.6) is 0 Å². The first-order valence-electron chi connectivity index (χ1n) is 9.42. The Labute approximate surface area is 171 Å². The number of carbonyl (C=O) groups excluding carboxylic acids is 2. The van der Waals surface area contributed by atoms with Crippen molar-refractivity contribution in [3.05, 3.63) is 24.0 Å². The number of sulfonamides is 1. The third-order valence-electron chi connectivity index (χ3n) is 5.93. The van der Waals surface area contributed by atoms with Crippen LogP contribution in [-0.2, 0) is 14.8 Å². The summed E-state index contributed by atoms with van der Waals surface area (Å²) < 4.78 is 27.8. The van der Waals surface area contributed by atoms with E-state index in [1.54, 1.807) is 23.7 Å². The number of carbonyl (C=O) groups is 2. The minimum Gasteiger partial charge on any atom is -0.379 e. The largest absolute Gasteiger partial charge is 0.379 e. The van der Waals surface area contributed by atoms with Crippen LogP contribution in [0.3, 0.4) is 0 Å². The lowest BCUT2D eigenvalue weighted by molar-refractivity contribution is -0.0980. The van der Waals surface area contributed by atoms with Gasteiger partial charge in [-0.1, -0.05) is 20.8 Å². The second kappa shape index (κ2) is 8.40. The number of primary amides is 1. The maximum absolute atomic E-state index is 12.0. The Bertz CT molecular complexity index is 999. The molecule has 2 atom stereocenters. The summed E-state index contributed by atoms with van der Waals surface area (Å²) in [5.41, 5.74) is 7.50. The van der Waals surface area contributed by atoms with Crippen LogP contribution >= 0.6 is 0 Å². The van der Waals surface area contributed by atoms with Gasteiger partial charge < -0.3 is 15.8 Å². The van der Waals surface area contributed by atoms with Crippen LogP contribution in [0.4, 0.5) is 11.4 Å². The molecular weight excluding hydrogens is 394 g/mol. The molecule has 0 aliphatic heterocycles. The van der Waals surface area contributed by atoms with Gasteiger partial charge in [0, 0.05) is 6.04 Å². The second-order valence-corrected chi connectivity index (χ2v) is 9.87. The van der Waals surface area contributed by atoms with E-state index in [-0.39, 0.29) is 17.2 Å². The zero-order valence-corrected chi connectivity index (χ0v) is 18.0. The highest BCUT2D eigenvalue weighted by atomic mass is 32.2. The van der Waals surface area contributed by atoms with Crippen LogP contribution < -0.4 is 15.8 Å². The molecule has 160 valence electrons. The van der Waals surface area contributed by atoms with E-state index in [2.05, 4.69) is 35.9 Å². The molecule has 0 unspecified atom stereocenters. The quantitative estimate of drug-likeness (QED) is 0.652. The number of hydrogen-bond donors (Lipinski definition) is 3. The molecule has 2 aromatic heterocycles. The lowest BCUT2D eigenvalue weighted by Gasteiger charge is -2.33. The van der Waals surface area contributed by atoms with E-state index in [1.165, 1.54) is 6.20 Å². The smallest absolute Gasteiger partial charge is 0.252 e. The van der Waals surface area contributed by atoms with Gasteiger partial charge in [0.05, 0.1) is 40.6 Å². The zero-order valence-electron chi connectivity index (χ0n) is 17.2. The number of rotatable bonds is 6. The van der Waals surface area contributed by atoms with Gasteiger partial charge in [-0.05, 0) is 37.2 Å². The standard InChI is InChI=1S/C18H27N5O3S.CH2O/c1-5-27(25,26)22-12-8-14-16(13(17(19)24)9-20-23(14)10-12)21-15-7-6-11(2)18(15,3)4;1-2/h8-11,15,21-22H,5-7H2,1-4H3,(H2,19,24);1H2/t11-,15+;/m0./s1. The van der Waals surface area contributed by atoms with Gasteiger partial charge in [-0.2, -0.15) is 5.10 Å². The van der Waals surface area contributed by atoms with Crippen molar-refractivity contribution < 1.29 is 18.0 Å². The van der Waals surface area contributed by atoms with Crippen molar-refractivity contribution in [1.82, 2.24) is 9.61 Å². The monoisotopic (exact) mass is 423 g/mol. The molecule has 1 fully saturated rings. The number of nitrogens with two attached hydrogens (primary N) is 1. The molecule has 0 aromatic carbocycles. The summed E-state index contributed by atoms with van der Waals surface area (Å²) in [5, 5.41) is 7.71. The lowest BCUT2D eigenvalue weighted by Crippen LogP contribution is -2.35. The number of anilines is 2. The third-order valence-corrected chi connectivity index (χ3v) is 7.24. The molecule has 4 N–H and O–H groups in total. The first-order valence-corrected chi connectivity index (χ1v) is 11.1. The summed E-state index contributed by atoms with van der Waals surface area (Å²) in [5.74, 6) is -0.0601. The first kappa shape index (κ1) is 22.7. The van der Waals surface area contributed by atoms with Crippen LogP contribution in [0.15, 0.2) is 18.5 Å². The summed E-state index contributed by atoms with van der Waals surface area (Å²) in [6.45, 7) is 10.2. The summed E-state index contributed by atoms with van der Waals surface area (Å²) in [4.78, 5) is 20.0. The van der Waals surface area contributed by atoms with E-state index in [0.717, 1.165) is 12.8 Å². The van der Waals surface area contributed by atoms with Gasteiger partial charge in [0.2, 0.25) is 10.0 Å². The van der Waals surface area contributed by atoms with E-state index in [4.69, 9.17) is 10.5 Å².